The number of hydrogen-bond donors (Lipinski definition) is 2. The van der Waals surface area contributed by atoms with Crippen molar-refractivity contribution in [3.63, 3.8) is 0 Å². The number of aromatic amines is 1. The molecule has 0 atom stereocenters. The van der Waals surface area contributed by atoms with Crippen LogP contribution >= 0.6 is 0 Å². The summed E-state index contributed by atoms with van der Waals surface area (Å²) in [7, 11) is 1.73. The van der Waals surface area contributed by atoms with Crippen LogP contribution in [-0.4, -0.2) is 40.3 Å². The third-order valence-electron chi connectivity index (χ3n) is 4.11. The van der Waals surface area contributed by atoms with Gasteiger partial charge in [0.05, 0.1) is 5.56 Å². The summed E-state index contributed by atoms with van der Waals surface area (Å²) in [6, 6.07) is 13.8. The Bertz CT molecular complexity index is 913. The van der Waals surface area contributed by atoms with Gasteiger partial charge in [0.1, 0.15) is 0 Å². The molecule has 2 aromatic carbocycles. The first-order chi connectivity index (χ1) is 11.5. The van der Waals surface area contributed by atoms with Crippen LogP contribution in [0, 0.1) is 0 Å². The first kappa shape index (κ1) is 15.8. The number of aromatic hydroxyl groups is 1. The number of nitrogens with zero attached hydrogens (tertiary/aromatic N) is 1. The molecular weight excluding hydrogens is 304 g/mol. The van der Waals surface area contributed by atoms with Gasteiger partial charge >= 0.3 is 0 Å². The number of aromatic nitrogens is 1. The summed E-state index contributed by atoms with van der Waals surface area (Å²) < 4.78 is 0. The van der Waals surface area contributed by atoms with E-state index in [9.17, 15) is 14.7 Å². The van der Waals surface area contributed by atoms with Gasteiger partial charge in [0, 0.05) is 35.6 Å². The maximum atomic E-state index is 12.7. The van der Waals surface area contributed by atoms with Crippen molar-refractivity contribution < 1.29 is 14.7 Å². The highest BCUT2D eigenvalue weighted by molar-refractivity contribution is 6.18. The quantitative estimate of drug-likeness (QED) is 0.725. The highest BCUT2D eigenvalue weighted by atomic mass is 16.3. The van der Waals surface area contributed by atoms with Gasteiger partial charge in [0.25, 0.3) is 5.91 Å². The lowest BCUT2D eigenvalue weighted by atomic mass is 10.0. The van der Waals surface area contributed by atoms with Crippen LogP contribution < -0.4 is 0 Å². The molecular formula is C19H18N2O3. The lowest BCUT2D eigenvalue weighted by molar-refractivity contribution is 0.0802. The minimum atomic E-state index is -0.260. The average molecular weight is 322 g/mol. The summed E-state index contributed by atoms with van der Waals surface area (Å²) in [5, 5.41) is 10.8. The molecule has 0 saturated heterocycles. The van der Waals surface area contributed by atoms with Gasteiger partial charge in [-0.15, -0.1) is 0 Å². The van der Waals surface area contributed by atoms with Crippen LogP contribution in [0.2, 0.25) is 0 Å². The van der Waals surface area contributed by atoms with Crippen molar-refractivity contribution in [2.75, 3.05) is 13.6 Å². The van der Waals surface area contributed by atoms with Crippen molar-refractivity contribution in [3.05, 3.63) is 65.2 Å². The Kier molecular flexibility index (Phi) is 4.08. The molecule has 5 nitrogen and oxygen atoms in total. The number of ketones is 1. The minimum absolute atomic E-state index is 0.107. The molecule has 2 N–H and O–H groups in total. The van der Waals surface area contributed by atoms with E-state index in [0.29, 0.717) is 28.6 Å². The number of carbonyl (C=O) groups is 2. The predicted molar refractivity (Wildman–Crippen MR) is 92.5 cm³/mol. The van der Waals surface area contributed by atoms with Gasteiger partial charge < -0.3 is 15.0 Å². The molecule has 0 unspecified atom stereocenters. The highest BCUT2D eigenvalue weighted by Crippen LogP contribution is 2.30. The Labute approximate surface area is 139 Å². The van der Waals surface area contributed by atoms with Gasteiger partial charge in [-0.3, -0.25) is 9.59 Å². The first-order valence-corrected chi connectivity index (χ1v) is 7.72. The molecule has 5 heteroatoms. The summed E-state index contributed by atoms with van der Waals surface area (Å²) in [4.78, 5) is 29.3. The molecule has 24 heavy (non-hydrogen) atoms. The topological polar surface area (TPSA) is 73.4 Å². The van der Waals surface area contributed by atoms with E-state index in [4.69, 9.17) is 0 Å². The summed E-state index contributed by atoms with van der Waals surface area (Å²) in [6.07, 6.45) is 0. The van der Waals surface area contributed by atoms with Crippen LogP contribution in [0.15, 0.2) is 48.5 Å². The number of nitrogens with one attached hydrogen (secondary N) is 1. The fourth-order valence-electron chi connectivity index (χ4n) is 2.64. The fourth-order valence-corrected chi connectivity index (χ4v) is 2.64. The molecule has 0 aliphatic carbocycles. The number of rotatable bonds is 4. The van der Waals surface area contributed by atoms with E-state index >= 15 is 0 Å². The van der Waals surface area contributed by atoms with Crippen molar-refractivity contribution in [1.29, 1.82) is 0 Å². The standard InChI is InChI=1S/C19H18N2O3/c1-3-21(2)19(24)13-9-10-14-15(11-13)20-18(23)16(14)17(22)12-7-5-4-6-8-12/h4-11,20,23H,3H2,1-2H3. The molecule has 0 saturated carbocycles. The van der Waals surface area contributed by atoms with Crippen LogP contribution in [0.4, 0.5) is 0 Å². The molecule has 0 radical (unpaired) electrons. The Morgan fingerprint density at radius 1 is 1.08 bits per heavy atom. The van der Waals surface area contributed by atoms with E-state index in [1.165, 1.54) is 0 Å². The van der Waals surface area contributed by atoms with Crippen LogP contribution in [-0.2, 0) is 0 Å². The smallest absolute Gasteiger partial charge is 0.253 e. The highest BCUT2D eigenvalue weighted by Gasteiger charge is 2.21. The normalized spacial score (nSPS) is 10.8. The Morgan fingerprint density at radius 3 is 2.46 bits per heavy atom. The zero-order chi connectivity index (χ0) is 17.3. The first-order valence-electron chi connectivity index (χ1n) is 7.72. The number of H-pyrrole nitrogens is 1. The summed E-state index contributed by atoms with van der Waals surface area (Å²) in [6.45, 7) is 2.50. The number of hydrogen-bond acceptors (Lipinski definition) is 3. The zero-order valence-electron chi connectivity index (χ0n) is 13.5. The van der Waals surface area contributed by atoms with Gasteiger partial charge in [0.15, 0.2) is 5.78 Å². The molecule has 0 spiro atoms. The fraction of sp³-hybridized carbons (Fsp3) is 0.158. The molecule has 3 aromatic rings. The van der Waals surface area contributed by atoms with Gasteiger partial charge in [-0.25, -0.2) is 0 Å². The van der Waals surface area contributed by atoms with Crippen molar-refractivity contribution in [3.8, 4) is 5.88 Å². The lowest BCUT2D eigenvalue weighted by Crippen LogP contribution is -2.26. The summed E-state index contributed by atoms with van der Waals surface area (Å²) in [5.74, 6) is -0.555. The zero-order valence-corrected chi connectivity index (χ0v) is 13.5. The molecule has 0 bridgehead atoms. The maximum Gasteiger partial charge on any atom is 0.253 e. The third-order valence-corrected chi connectivity index (χ3v) is 4.11. The minimum Gasteiger partial charge on any atom is -0.494 e. The van der Waals surface area contributed by atoms with E-state index in [-0.39, 0.29) is 23.1 Å². The van der Waals surface area contributed by atoms with E-state index in [2.05, 4.69) is 4.98 Å². The second kappa shape index (κ2) is 6.20. The van der Waals surface area contributed by atoms with E-state index in [1.807, 2.05) is 13.0 Å². The Balaban J connectivity index is 2.07. The Hall–Kier alpha value is -3.08. The van der Waals surface area contributed by atoms with Crippen LogP contribution in [0.25, 0.3) is 10.9 Å². The van der Waals surface area contributed by atoms with Crippen molar-refractivity contribution >= 4 is 22.6 Å². The summed E-state index contributed by atoms with van der Waals surface area (Å²) in [5.41, 5.74) is 1.78. The van der Waals surface area contributed by atoms with Crippen molar-refractivity contribution in [1.82, 2.24) is 9.88 Å². The number of fused-ring (bicyclic) bond motifs is 1. The molecule has 0 fully saturated rings. The second-order valence-electron chi connectivity index (χ2n) is 5.62. The predicted octanol–water partition coefficient (Wildman–Crippen LogP) is 3.20. The van der Waals surface area contributed by atoms with E-state index < -0.39 is 0 Å². The molecule has 3 rings (SSSR count). The number of benzene rings is 2. The molecule has 1 amide bonds. The van der Waals surface area contributed by atoms with E-state index in [0.717, 1.165) is 0 Å². The number of carbonyl (C=O) groups excluding carboxylic acids is 2. The largest absolute Gasteiger partial charge is 0.494 e. The van der Waals surface area contributed by atoms with Gasteiger partial charge in [-0.05, 0) is 19.1 Å². The third kappa shape index (κ3) is 2.65. The lowest BCUT2D eigenvalue weighted by Gasteiger charge is -2.14. The van der Waals surface area contributed by atoms with Gasteiger partial charge in [-0.1, -0.05) is 36.4 Å². The van der Waals surface area contributed by atoms with Crippen LogP contribution in [0.3, 0.4) is 0 Å². The van der Waals surface area contributed by atoms with E-state index in [1.54, 1.807) is 54.4 Å². The summed E-state index contributed by atoms with van der Waals surface area (Å²) >= 11 is 0. The molecule has 0 aliphatic rings. The number of amides is 1. The molecule has 122 valence electrons. The average Bonchev–Trinajstić information content (AvgIpc) is 2.95. The maximum absolute atomic E-state index is 12.7. The Morgan fingerprint density at radius 2 is 1.79 bits per heavy atom. The van der Waals surface area contributed by atoms with Crippen molar-refractivity contribution in [2.24, 2.45) is 0 Å². The van der Waals surface area contributed by atoms with Crippen molar-refractivity contribution in [2.45, 2.75) is 6.92 Å². The molecule has 0 aliphatic heterocycles. The monoisotopic (exact) mass is 322 g/mol. The van der Waals surface area contributed by atoms with Crippen LogP contribution in [0.5, 0.6) is 5.88 Å². The molecule has 1 heterocycles. The van der Waals surface area contributed by atoms with Crippen LogP contribution in [0.1, 0.15) is 33.2 Å². The SMILES string of the molecule is CCN(C)C(=O)c1ccc2c(C(=O)c3ccccc3)c(O)[nH]c2c1. The molecule has 1 aromatic heterocycles. The van der Waals surface area contributed by atoms with Gasteiger partial charge in [-0.2, -0.15) is 0 Å². The van der Waals surface area contributed by atoms with Gasteiger partial charge in [0.2, 0.25) is 5.88 Å². The second-order valence-corrected chi connectivity index (χ2v) is 5.62.